The van der Waals surface area contributed by atoms with Crippen LogP contribution in [-0.4, -0.2) is 18.4 Å². The van der Waals surface area contributed by atoms with E-state index < -0.39 is 0 Å². The van der Waals surface area contributed by atoms with Gasteiger partial charge < -0.3 is 16.0 Å². The van der Waals surface area contributed by atoms with Gasteiger partial charge in [0.15, 0.2) is 0 Å². The number of anilines is 2. The number of carbonyl (C=O) groups is 2. The van der Waals surface area contributed by atoms with Crippen LogP contribution in [0.4, 0.5) is 11.4 Å². The molecule has 138 valence electrons. The van der Waals surface area contributed by atoms with Gasteiger partial charge in [-0.2, -0.15) is 0 Å². The number of nitrogens with one attached hydrogen (secondary N) is 3. The molecule has 1 unspecified atom stereocenters. The first-order chi connectivity index (χ1) is 13.0. The molecular formula is C22H23N3O2. The maximum absolute atomic E-state index is 12.3. The Bertz CT molecular complexity index is 963. The van der Waals surface area contributed by atoms with Crippen molar-refractivity contribution in [2.75, 3.05) is 17.2 Å². The van der Waals surface area contributed by atoms with Gasteiger partial charge in [-0.15, -0.1) is 0 Å². The molecule has 0 heterocycles. The molecule has 3 rings (SSSR count). The van der Waals surface area contributed by atoms with Crippen LogP contribution in [0, 0.1) is 0 Å². The van der Waals surface area contributed by atoms with E-state index in [0.29, 0.717) is 11.4 Å². The van der Waals surface area contributed by atoms with E-state index in [1.807, 2.05) is 25.1 Å². The number of hydrogen-bond donors (Lipinski definition) is 3. The van der Waals surface area contributed by atoms with Crippen LogP contribution in [-0.2, 0) is 9.59 Å². The zero-order chi connectivity index (χ0) is 19.2. The average Bonchev–Trinajstić information content (AvgIpc) is 2.65. The van der Waals surface area contributed by atoms with Crippen molar-refractivity contribution in [3.8, 4) is 0 Å². The molecule has 0 bridgehead atoms. The number of hydrogen-bond acceptors (Lipinski definition) is 3. The summed E-state index contributed by atoms with van der Waals surface area (Å²) in [4.78, 5) is 23.4. The van der Waals surface area contributed by atoms with Crippen LogP contribution in [0.1, 0.15) is 25.5 Å². The van der Waals surface area contributed by atoms with Gasteiger partial charge >= 0.3 is 0 Å². The van der Waals surface area contributed by atoms with Gasteiger partial charge in [0, 0.05) is 24.3 Å². The zero-order valence-corrected chi connectivity index (χ0v) is 15.5. The Hall–Kier alpha value is -3.18. The summed E-state index contributed by atoms with van der Waals surface area (Å²) in [5.41, 5.74) is 2.46. The standard InChI is InChI=1S/C22H23N3O2/c1-15(20-12-5-8-17-7-3-4-11-21(17)20)23-14-22(27)25-19-10-6-9-18(13-19)24-16(2)26/h3-13,15,23H,14H2,1-2H3,(H,24,26)(H,25,27). The fourth-order valence-electron chi connectivity index (χ4n) is 3.07. The Morgan fingerprint density at radius 2 is 1.56 bits per heavy atom. The molecule has 0 aromatic heterocycles. The van der Waals surface area contributed by atoms with Gasteiger partial charge in [0.2, 0.25) is 11.8 Å². The van der Waals surface area contributed by atoms with Gasteiger partial charge in [0.1, 0.15) is 0 Å². The first-order valence-electron chi connectivity index (χ1n) is 8.91. The number of amides is 2. The quantitative estimate of drug-likeness (QED) is 0.619. The van der Waals surface area contributed by atoms with Crippen molar-refractivity contribution in [2.45, 2.75) is 19.9 Å². The van der Waals surface area contributed by atoms with Crippen molar-refractivity contribution in [1.29, 1.82) is 0 Å². The molecule has 3 N–H and O–H groups in total. The summed E-state index contributed by atoms with van der Waals surface area (Å²) in [5, 5.41) is 11.2. The monoisotopic (exact) mass is 361 g/mol. The van der Waals surface area contributed by atoms with E-state index in [0.717, 1.165) is 5.56 Å². The van der Waals surface area contributed by atoms with Crippen LogP contribution in [0.25, 0.3) is 10.8 Å². The van der Waals surface area contributed by atoms with Crippen molar-refractivity contribution in [2.24, 2.45) is 0 Å². The largest absolute Gasteiger partial charge is 0.326 e. The number of benzene rings is 3. The Kier molecular flexibility index (Phi) is 5.84. The SMILES string of the molecule is CC(=O)Nc1cccc(NC(=O)CNC(C)c2cccc3ccccc23)c1. The lowest BCUT2D eigenvalue weighted by Crippen LogP contribution is -2.30. The number of carbonyl (C=O) groups excluding carboxylic acids is 2. The smallest absolute Gasteiger partial charge is 0.238 e. The Morgan fingerprint density at radius 1 is 0.889 bits per heavy atom. The third kappa shape index (κ3) is 4.92. The van der Waals surface area contributed by atoms with Gasteiger partial charge in [0.25, 0.3) is 0 Å². The summed E-state index contributed by atoms with van der Waals surface area (Å²) in [7, 11) is 0. The van der Waals surface area contributed by atoms with Crippen LogP contribution in [0.3, 0.4) is 0 Å². The molecule has 0 aliphatic carbocycles. The minimum atomic E-state index is -0.149. The molecule has 0 fully saturated rings. The molecule has 0 aliphatic rings. The minimum Gasteiger partial charge on any atom is -0.326 e. The van der Waals surface area contributed by atoms with Crippen molar-refractivity contribution >= 4 is 34.0 Å². The predicted octanol–water partition coefficient (Wildman–Crippen LogP) is 4.09. The van der Waals surface area contributed by atoms with Gasteiger partial charge in [-0.05, 0) is 41.5 Å². The van der Waals surface area contributed by atoms with Crippen LogP contribution in [0.2, 0.25) is 0 Å². The van der Waals surface area contributed by atoms with Crippen molar-refractivity contribution in [3.63, 3.8) is 0 Å². The lowest BCUT2D eigenvalue weighted by atomic mass is 10.00. The first kappa shape index (κ1) is 18.6. The van der Waals surface area contributed by atoms with E-state index in [-0.39, 0.29) is 24.4 Å². The molecule has 1 atom stereocenters. The summed E-state index contributed by atoms with van der Waals surface area (Å²) < 4.78 is 0. The van der Waals surface area contributed by atoms with Gasteiger partial charge in [-0.25, -0.2) is 0 Å². The maximum atomic E-state index is 12.3. The molecule has 27 heavy (non-hydrogen) atoms. The summed E-state index contributed by atoms with van der Waals surface area (Å²) in [6.07, 6.45) is 0. The van der Waals surface area contributed by atoms with E-state index in [1.54, 1.807) is 24.3 Å². The second-order valence-electron chi connectivity index (χ2n) is 6.48. The second kappa shape index (κ2) is 8.47. The van der Waals surface area contributed by atoms with E-state index in [2.05, 4.69) is 40.2 Å². The molecule has 0 radical (unpaired) electrons. The van der Waals surface area contributed by atoms with E-state index >= 15 is 0 Å². The third-order valence-corrected chi connectivity index (χ3v) is 4.33. The highest BCUT2D eigenvalue weighted by Gasteiger charge is 2.11. The van der Waals surface area contributed by atoms with Gasteiger partial charge in [0.05, 0.1) is 6.54 Å². The van der Waals surface area contributed by atoms with Gasteiger partial charge in [-0.1, -0.05) is 48.5 Å². The Morgan fingerprint density at radius 3 is 2.33 bits per heavy atom. The van der Waals surface area contributed by atoms with Crippen molar-refractivity contribution < 1.29 is 9.59 Å². The van der Waals surface area contributed by atoms with Crippen LogP contribution in [0.15, 0.2) is 66.7 Å². The normalized spacial score (nSPS) is 11.8. The molecule has 0 saturated heterocycles. The molecular weight excluding hydrogens is 338 g/mol. The third-order valence-electron chi connectivity index (χ3n) is 4.33. The summed E-state index contributed by atoms with van der Waals surface area (Å²) in [6.45, 7) is 3.69. The second-order valence-corrected chi connectivity index (χ2v) is 6.48. The molecule has 5 heteroatoms. The lowest BCUT2D eigenvalue weighted by molar-refractivity contribution is -0.115. The van der Waals surface area contributed by atoms with Crippen LogP contribution in [0.5, 0.6) is 0 Å². The van der Waals surface area contributed by atoms with E-state index in [1.165, 1.54) is 17.7 Å². The highest BCUT2D eigenvalue weighted by Crippen LogP contribution is 2.24. The first-order valence-corrected chi connectivity index (χ1v) is 8.91. The zero-order valence-electron chi connectivity index (χ0n) is 15.5. The summed E-state index contributed by atoms with van der Waals surface area (Å²) >= 11 is 0. The van der Waals surface area contributed by atoms with E-state index in [4.69, 9.17) is 0 Å². The topological polar surface area (TPSA) is 70.2 Å². The maximum Gasteiger partial charge on any atom is 0.238 e. The van der Waals surface area contributed by atoms with Gasteiger partial charge in [-0.3, -0.25) is 9.59 Å². The molecule has 2 amide bonds. The number of fused-ring (bicyclic) bond motifs is 1. The molecule has 3 aromatic carbocycles. The highest BCUT2D eigenvalue weighted by atomic mass is 16.2. The van der Waals surface area contributed by atoms with E-state index in [9.17, 15) is 9.59 Å². The Labute approximate surface area is 158 Å². The molecule has 3 aromatic rings. The summed E-state index contributed by atoms with van der Waals surface area (Å²) in [6, 6.07) is 21.5. The fraction of sp³-hybridized carbons (Fsp3) is 0.182. The van der Waals surface area contributed by atoms with Crippen LogP contribution >= 0.6 is 0 Å². The molecule has 0 aliphatic heterocycles. The fourth-order valence-corrected chi connectivity index (χ4v) is 3.07. The predicted molar refractivity (Wildman–Crippen MR) is 110 cm³/mol. The average molecular weight is 361 g/mol. The summed E-state index contributed by atoms with van der Waals surface area (Å²) in [5.74, 6) is -0.286. The van der Waals surface area contributed by atoms with Crippen LogP contribution < -0.4 is 16.0 Å². The lowest BCUT2D eigenvalue weighted by Gasteiger charge is -2.16. The number of rotatable bonds is 6. The Balaban J connectivity index is 1.61. The van der Waals surface area contributed by atoms with Crippen molar-refractivity contribution in [3.05, 3.63) is 72.3 Å². The highest BCUT2D eigenvalue weighted by molar-refractivity contribution is 5.94. The van der Waals surface area contributed by atoms with Crippen molar-refractivity contribution in [1.82, 2.24) is 5.32 Å². The minimum absolute atomic E-state index is 0.0348. The molecule has 0 spiro atoms. The molecule has 0 saturated carbocycles. The molecule has 5 nitrogen and oxygen atoms in total.